The van der Waals surface area contributed by atoms with Crippen molar-refractivity contribution in [2.45, 2.75) is 31.3 Å². The van der Waals surface area contributed by atoms with Crippen LogP contribution >= 0.6 is 0 Å². The van der Waals surface area contributed by atoms with Crippen LogP contribution in [-0.2, 0) is 4.79 Å². The molecule has 210 valence electrons. The first-order valence-corrected chi connectivity index (χ1v) is 13.6. The zero-order chi connectivity index (χ0) is 28.2. The van der Waals surface area contributed by atoms with E-state index in [2.05, 4.69) is 47.7 Å². The number of aromatic amines is 1. The molecule has 12 nitrogen and oxygen atoms in total. The van der Waals surface area contributed by atoms with E-state index in [1.807, 2.05) is 11.0 Å². The highest BCUT2D eigenvalue weighted by Crippen LogP contribution is 2.33. The van der Waals surface area contributed by atoms with Crippen molar-refractivity contribution in [2.75, 3.05) is 37.3 Å². The van der Waals surface area contributed by atoms with Gasteiger partial charge in [0.1, 0.15) is 29.0 Å². The normalized spacial score (nSPS) is 16.9. The number of likely N-dealkylation sites (tertiary alicyclic amines) is 1. The quantitative estimate of drug-likeness (QED) is 0.252. The molecule has 1 saturated heterocycles. The summed E-state index contributed by atoms with van der Waals surface area (Å²) in [6.45, 7) is 2.06. The van der Waals surface area contributed by atoms with Crippen LogP contribution in [0.4, 0.5) is 11.6 Å². The number of ether oxygens (including phenoxy) is 1. The number of anilines is 2. The van der Waals surface area contributed by atoms with Crippen LogP contribution in [0.2, 0.25) is 0 Å². The molecule has 4 heterocycles. The summed E-state index contributed by atoms with van der Waals surface area (Å²) < 4.78 is 6.18. The summed E-state index contributed by atoms with van der Waals surface area (Å²) in [5, 5.41) is 14.3. The zero-order valence-corrected chi connectivity index (χ0v) is 22.7. The number of pyridine rings is 1. The highest BCUT2D eigenvalue weighted by atomic mass is 16.5. The highest BCUT2D eigenvalue weighted by molar-refractivity contribution is 6.03. The molecule has 3 aromatic heterocycles. The molecule has 6 rings (SSSR count). The van der Waals surface area contributed by atoms with Crippen molar-refractivity contribution in [1.82, 2.24) is 34.9 Å². The number of carbonyl (C=O) groups is 2. The summed E-state index contributed by atoms with van der Waals surface area (Å²) in [6, 6.07) is 10.9. The molecule has 0 radical (unpaired) electrons. The first kappa shape index (κ1) is 26.4. The summed E-state index contributed by atoms with van der Waals surface area (Å²) >= 11 is 0. The number of aromatic nitrogens is 5. The van der Waals surface area contributed by atoms with Gasteiger partial charge in [-0.1, -0.05) is 6.08 Å². The van der Waals surface area contributed by atoms with E-state index in [1.54, 1.807) is 54.9 Å². The van der Waals surface area contributed by atoms with E-state index in [4.69, 9.17) is 4.74 Å². The van der Waals surface area contributed by atoms with Gasteiger partial charge in [0, 0.05) is 61.8 Å². The van der Waals surface area contributed by atoms with Crippen LogP contribution in [0.25, 0.3) is 11.0 Å². The molecule has 3 N–H and O–H groups in total. The van der Waals surface area contributed by atoms with Crippen molar-refractivity contribution < 1.29 is 14.3 Å². The van der Waals surface area contributed by atoms with Crippen LogP contribution in [-0.4, -0.2) is 85.5 Å². The van der Waals surface area contributed by atoms with Gasteiger partial charge < -0.3 is 20.3 Å². The van der Waals surface area contributed by atoms with E-state index in [9.17, 15) is 9.59 Å². The van der Waals surface area contributed by atoms with Gasteiger partial charge in [0.25, 0.3) is 5.91 Å². The number of fused-ring (bicyclic) bond motifs is 1. The van der Waals surface area contributed by atoms with Crippen LogP contribution in [0, 0.1) is 0 Å². The molecule has 0 spiro atoms. The van der Waals surface area contributed by atoms with Gasteiger partial charge in [0.05, 0.1) is 0 Å². The number of H-pyrrole nitrogens is 1. The van der Waals surface area contributed by atoms with Crippen molar-refractivity contribution in [3.63, 3.8) is 0 Å². The number of rotatable bonds is 10. The summed E-state index contributed by atoms with van der Waals surface area (Å²) in [7, 11) is 2.10. The Balaban J connectivity index is 1.09. The van der Waals surface area contributed by atoms with E-state index in [0.717, 1.165) is 13.0 Å². The Labute approximate surface area is 236 Å². The van der Waals surface area contributed by atoms with E-state index < -0.39 is 0 Å². The maximum atomic E-state index is 12.7. The van der Waals surface area contributed by atoms with E-state index >= 15 is 0 Å². The number of likely N-dealkylation sites (N-methyl/N-ethyl adjacent to an activating group) is 1. The second-order valence-corrected chi connectivity index (χ2v) is 10.3. The lowest BCUT2D eigenvalue weighted by atomic mass is 10.2. The average Bonchev–Trinajstić information content (AvgIpc) is 3.61. The fourth-order valence-electron chi connectivity index (χ4n) is 4.83. The molecular weight excluding hydrogens is 522 g/mol. The third-order valence-corrected chi connectivity index (χ3v) is 7.26. The molecule has 1 aliphatic carbocycles. The molecule has 1 aromatic carbocycles. The fourth-order valence-corrected chi connectivity index (χ4v) is 4.83. The van der Waals surface area contributed by atoms with Gasteiger partial charge in [-0.15, -0.1) is 0 Å². The van der Waals surface area contributed by atoms with Gasteiger partial charge in [-0.2, -0.15) is 5.10 Å². The molecule has 1 saturated carbocycles. The summed E-state index contributed by atoms with van der Waals surface area (Å²) in [5.41, 5.74) is 1.05. The minimum atomic E-state index is -0.284. The average molecular weight is 554 g/mol. The van der Waals surface area contributed by atoms with Crippen LogP contribution in [0.1, 0.15) is 29.6 Å². The second-order valence-electron chi connectivity index (χ2n) is 10.3. The summed E-state index contributed by atoms with van der Waals surface area (Å²) in [4.78, 5) is 41.6. The van der Waals surface area contributed by atoms with Crippen LogP contribution in [0.15, 0.2) is 67.3 Å². The lowest BCUT2D eigenvalue weighted by Crippen LogP contribution is -2.30. The Morgan fingerprint density at radius 3 is 2.76 bits per heavy atom. The summed E-state index contributed by atoms with van der Waals surface area (Å²) in [5.74, 6) is 1.91. The number of benzene rings is 1. The third-order valence-electron chi connectivity index (χ3n) is 7.26. The topological polar surface area (TPSA) is 141 Å². The second kappa shape index (κ2) is 11.7. The number of nitrogens with one attached hydrogen (secondary N) is 3. The molecule has 41 heavy (non-hydrogen) atoms. The lowest BCUT2D eigenvalue weighted by Gasteiger charge is -2.16. The lowest BCUT2D eigenvalue weighted by molar-refractivity contribution is -0.125. The van der Waals surface area contributed by atoms with Gasteiger partial charge in [-0.3, -0.25) is 19.6 Å². The monoisotopic (exact) mass is 553 g/mol. The molecule has 2 aliphatic rings. The van der Waals surface area contributed by atoms with Crippen molar-refractivity contribution in [1.29, 1.82) is 0 Å². The predicted octanol–water partition coefficient (Wildman–Crippen LogP) is 3.46. The Morgan fingerprint density at radius 2 is 1.98 bits per heavy atom. The molecule has 12 heteroatoms. The first-order chi connectivity index (χ1) is 20.0. The molecule has 1 aliphatic heterocycles. The summed E-state index contributed by atoms with van der Waals surface area (Å²) in [6.07, 6.45) is 11.5. The zero-order valence-electron chi connectivity index (χ0n) is 22.7. The minimum Gasteiger partial charge on any atom is -0.456 e. The van der Waals surface area contributed by atoms with E-state index in [0.29, 0.717) is 58.9 Å². The van der Waals surface area contributed by atoms with Gasteiger partial charge in [-0.25, -0.2) is 15.0 Å². The van der Waals surface area contributed by atoms with Crippen molar-refractivity contribution in [3.8, 4) is 11.5 Å². The standard InChI is InChI=1S/C29H31N9O3/c1-37(21-6-7-21)15-2-3-25(39)38-16-12-20(17-38)33-28-26-23(10-14-31-27(26)35-36-28)41-22-8-4-19(5-9-22)29(40)34-24-11-13-30-18-32-24/h2-5,8-11,13-14,18,20-21H,6-7,12,15-17H2,1H3,(H,30,32,34,40)(H2,31,33,35,36)/t20-/m1/s1. The molecule has 4 aromatic rings. The number of nitrogens with zero attached hydrogens (tertiary/aromatic N) is 6. The van der Waals surface area contributed by atoms with Crippen LogP contribution in [0.3, 0.4) is 0 Å². The highest BCUT2D eigenvalue weighted by Gasteiger charge is 2.27. The van der Waals surface area contributed by atoms with E-state index in [-0.39, 0.29) is 17.9 Å². The van der Waals surface area contributed by atoms with Gasteiger partial charge in [0.15, 0.2) is 11.5 Å². The Hall–Kier alpha value is -4.84. The maximum Gasteiger partial charge on any atom is 0.256 e. The van der Waals surface area contributed by atoms with Crippen molar-refractivity contribution in [3.05, 3.63) is 72.8 Å². The Bertz CT molecular complexity index is 1550. The minimum absolute atomic E-state index is 0.0326. The van der Waals surface area contributed by atoms with Gasteiger partial charge >= 0.3 is 0 Å². The van der Waals surface area contributed by atoms with Crippen molar-refractivity contribution in [2.24, 2.45) is 0 Å². The Kier molecular flexibility index (Phi) is 7.54. The maximum absolute atomic E-state index is 12.7. The molecule has 2 amide bonds. The number of carbonyl (C=O) groups excluding carboxylic acids is 2. The Morgan fingerprint density at radius 1 is 1.12 bits per heavy atom. The van der Waals surface area contributed by atoms with Gasteiger partial charge in [-0.05, 0) is 56.6 Å². The van der Waals surface area contributed by atoms with Crippen molar-refractivity contribution >= 4 is 34.5 Å². The van der Waals surface area contributed by atoms with Gasteiger partial charge in [0.2, 0.25) is 5.91 Å². The third kappa shape index (κ3) is 6.33. The SMILES string of the molecule is CN(CC=CC(=O)N1CC[C@@H](Nc2n[nH]c3nccc(Oc4ccc(C(=O)Nc5ccncn5)cc4)c23)C1)C1CC1. The first-order valence-electron chi connectivity index (χ1n) is 13.6. The number of hydrogen-bond acceptors (Lipinski definition) is 9. The largest absolute Gasteiger partial charge is 0.456 e. The smallest absolute Gasteiger partial charge is 0.256 e. The molecule has 1 atom stereocenters. The fraction of sp³-hybridized carbons (Fsp3) is 0.310. The number of hydrogen-bond donors (Lipinski definition) is 3. The molecular formula is C29H31N9O3. The molecule has 0 bridgehead atoms. The van der Waals surface area contributed by atoms with Crippen LogP contribution in [0.5, 0.6) is 11.5 Å². The molecule has 0 unspecified atom stereocenters. The predicted molar refractivity (Wildman–Crippen MR) is 154 cm³/mol. The van der Waals surface area contributed by atoms with Crippen LogP contribution < -0.4 is 15.4 Å². The molecule has 2 fully saturated rings. The van der Waals surface area contributed by atoms with E-state index in [1.165, 1.54) is 19.2 Å². The number of amides is 2.